The van der Waals surface area contributed by atoms with E-state index in [0.29, 0.717) is 42.1 Å². The Morgan fingerprint density at radius 1 is 1.35 bits per heavy atom. The summed E-state index contributed by atoms with van der Waals surface area (Å²) in [6.07, 6.45) is 0. The van der Waals surface area contributed by atoms with Crippen molar-refractivity contribution >= 4 is 35.0 Å². The molecule has 126 valence electrons. The lowest BCUT2D eigenvalue weighted by Crippen LogP contribution is -2.51. The van der Waals surface area contributed by atoms with Gasteiger partial charge in [0.1, 0.15) is 11.8 Å². The standard InChI is InChI=1S/C15H18Cl2N2O4/c1-10(15(21)19-4-6-22-7-5-19)18-14(20)9-23-13-8-11(16)2-3-12(13)17/h2-3,8,10H,4-7,9H2,1H3,(H,18,20)/t10-/m0/s1. The van der Waals surface area contributed by atoms with Gasteiger partial charge in [0.25, 0.3) is 5.91 Å². The van der Waals surface area contributed by atoms with Crippen molar-refractivity contribution < 1.29 is 19.1 Å². The lowest BCUT2D eigenvalue weighted by molar-refractivity contribution is -0.139. The highest BCUT2D eigenvalue weighted by atomic mass is 35.5. The molecule has 0 radical (unpaired) electrons. The van der Waals surface area contributed by atoms with Crippen LogP contribution in [0.5, 0.6) is 5.75 Å². The minimum Gasteiger partial charge on any atom is -0.482 e. The van der Waals surface area contributed by atoms with Crippen molar-refractivity contribution in [2.24, 2.45) is 0 Å². The van der Waals surface area contributed by atoms with Crippen LogP contribution in [-0.4, -0.2) is 55.7 Å². The fraction of sp³-hybridized carbons (Fsp3) is 0.467. The largest absolute Gasteiger partial charge is 0.482 e. The fourth-order valence-corrected chi connectivity index (χ4v) is 2.47. The van der Waals surface area contributed by atoms with Gasteiger partial charge >= 0.3 is 0 Å². The van der Waals surface area contributed by atoms with Crippen molar-refractivity contribution in [1.29, 1.82) is 0 Å². The Kier molecular flexibility index (Phi) is 6.50. The van der Waals surface area contributed by atoms with Crippen LogP contribution in [-0.2, 0) is 14.3 Å². The molecule has 1 heterocycles. The van der Waals surface area contributed by atoms with Gasteiger partial charge in [-0.1, -0.05) is 23.2 Å². The molecule has 0 aromatic heterocycles. The molecule has 0 spiro atoms. The fourth-order valence-electron chi connectivity index (χ4n) is 2.13. The third-order valence-electron chi connectivity index (χ3n) is 3.32. The molecular formula is C15H18Cl2N2O4. The first-order valence-corrected chi connectivity index (χ1v) is 7.96. The van der Waals surface area contributed by atoms with Crippen LogP contribution >= 0.6 is 23.2 Å². The number of ether oxygens (including phenoxy) is 2. The second kappa shape index (κ2) is 8.38. The molecule has 1 aliphatic heterocycles. The summed E-state index contributed by atoms with van der Waals surface area (Å²) in [6, 6.07) is 4.11. The Morgan fingerprint density at radius 2 is 2.04 bits per heavy atom. The quantitative estimate of drug-likeness (QED) is 0.868. The van der Waals surface area contributed by atoms with Gasteiger partial charge in [-0.05, 0) is 19.1 Å². The van der Waals surface area contributed by atoms with Gasteiger partial charge in [-0.25, -0.2) is 0 Å². The number of nitrogens with one attached hydrogen (secondary N) is 1. The monoisotopic (exact) mass is 360 g/mol. The zero-order valence-corrected chi connectivity index (χ0v) is 14.2. The minimum atomic E-state index is -0.626. The molecule has 0 bridgehead atoms. The molecule has 1 fully saturated rings. The maximum absolute atomic E-state index is 12.2. The van der Waals surface area contributed by atoms with Crippen molar-refractivity contribution in [3.63, 3.8) is 0 Å². The predicted octanol–water partition coefficient (Wildman–Crippen LogP) is 1.74. The Balaban J connectivity index is 1.81. The Bertz CT molecular complexity index is 577. The van der Waals surface area contributed by atoms with Gasteiger partial charge in [-0.15, -0.1) is 0 Å². The summed E-state index contributed by atoms with van der Waals surface area (Å²) in [5.74, 6) is -0.223. The van der Waals surface area contributed by atoms with E-state index in [-0.39, 0.29) is 12.5 Å². The van der Waals surface area contributed by atoms with E-state index >= 15 is 0 Å². The van der Waals surface area contributed by atoms with Gasteiger partial charge in [-0.3, -0.25) is 9.59 Å². The predicted molar refractivity (Wildman–Crippen MR) is 87.0 cm³/mol. The van der Waals surface area contributed by atoms with Crippen LogP contribution in [0.1, 0.15) is 6.92 Å². The van der Waals surface area contributed by atoms with E-state index in [1.54, 1.807) is 24.0 Å². The molecule has 1 saturated heterocycles. The maximum Gasteiger partial charge on any atom is 0.258 e. The van der Waals surface area contributed by atoms with E-state index < -0.39 is 11.9 Å². The number of carbonyl (C=O) groups is 2. The Labute approximate surface area is 144 Å². The summed E-state index contributed by atoms with van der Waals surface area (Å²) in [5, 5.41) is 3.43. The number of nitrogens with zero attached hydrogens (tertiary/aromatic N) is 1. The van der Waals surface area contributed by atoms with Crippen molar-refractivity contribution in [3.05, 3.63) is 28.2 Å². The number of amides is 2. The van der Waals surface area contributed by atoms with Gasteiger partial charge in [0, 0.05) is 24.2 Å². The molecule has 0 unspecified atom stereocenters. The summed E-state index contributed by atoms with van der Waals surface area (Å²) in [6.45, 7) is 3.50. The zero-order chi connectivity index (χ0) is 16.8. The molecular weight excluding hydrogens is 343 g/mol. The lowest BCUT2D eigenvalue weighted by Gasteiger charge is -2.29. The van der Waals surface area contributed by atoms with Crippen LogP contribution in [0.25, 0.3) is 0 Å². The number of rotatable bonds is 5. The number of benzene rings is 1. The van der Waals surface area contributed by atoms with Crippen LogP contribution < -0.4 is 10.1 Å². The molecule has 1 N–H and O–H groups in total. The molecule has 23 heavy (non-hydrogen) atoms. The van der Waals surface area contributed by atoms with E-state index in [1.807, 2.05) is 0 Å². The van der Waals surface area contributed by atoms with E-state index in [2.05, 4.69) is 5.32 Å². The molecule has 2 amide bonds. The highest BCUT2D eigenvalue weighted by Crippen LogP contribution is 2.27. The summed E-state index contributed by atoms with van der Waals surface area (Å²) in [4.78, 5) is 25.8. The first kappa shape index (κ1) is 17.8. The summed E-state index contributed by atoms with van der Waals surface area (Å²) < 4.78 is 10.5. The summed E-state index contributed by atoms with van der Waals surface area (Å²) in [7, 11) is 0. The first-order chi connectivity index (χ1) is 11.0. The van der Waals surface area contributed by atoms with Gasteiger partial charge < -0.3 is 19.7 Å². The minimum absolute atomic E-state index is 0.137. The van der Waals surface area contributed by atoms with Gasteiger partial charge in [-0.2, -0.15) is 0 Å². The number of halogens is 2. The zero-order valence-electron chi connectivity index (χ0n) is 12.7. The highest BCUT2D eigenvalue weighted by Gasteiger charge is 2.23. The molecule has 0 aliphatic carbocycles. The first-order valence-electron chi connectivity index (χ1n) is 7.21. The molecule has 1 aromatic carbocycles. The normalized spacial score (nSPS) is 15.9. The lowest BCUT2D eigenvalue weighted by atomic mass is 10.2. The van der Waals surface area contributed by atoms with Crippen LogP contribution in [0, 0.1) is 0 Å². The summed E-state index contributed by atoms with van der Waals surface area (Å²) >= 11 is 11.8. The molecule has 1 aliphatic rings. The third kappa shape index (κ3) is 5.27. The molecule has 2 rings (SSSR count). The number of carbonyl (C=O) groups excluding carboxylic acids is 2. The van der Waals surface area contributed by atoms with Gasteiger partial charge in [0.2, 0.25) is 5.91 Å². The topological polar surface area (TPSA) is 67.9 Å². The SMILES string of the molecule is C[C@H](NC(=O)COc1cc(Cl)ccc1Cl)C(=O)N1CCOCC1. The van der Waals surface area contributed by atoms with E-state index in [1.165, 1.54) is 6.07 Å². The smallest absolute Gasteiger partial charge is 0.258 e. The molecule has 0 saturated carbocycles. The average Bonchev–Trinajstić information content (AvgIpc) is 2.55. The van der Waals surface area contributed by atoms with E-state index in [4.69, 9.17) is 32.7 Å². The second-order valence-corrected chi connectivity index (χ2v) is 5.93. The number of hydrogen-bond acceptors (Lipinski definition) is 4. The number of morpholine rings is 1. The van der Waals surface area contributed by atoms with E-state index in [0.717, 1.165) is 0 Å². The van der Waals surface area contributed by atoms with Crippen molar-refractivity contribution in [2.45, 2.75) is 13.0 Å². The molecule has 1 aromatic rings. The van der Waals surface area contributed by atoms with Crippen LogP contribution in [0.15, 0.2) is 18.2 Å². The second-order valence-electron chi connectivity index (χ2n) is 5.09. The van der Waals surface area contributed by atoms with Crippen LogP contribution in [0.4, 0.5) is 0 Å². The highest BCUT2D eigenvalue weighted by molar-refractivity contribution is 6.34. The van der Waals surface area contributed by atoms with E-state index in [9.17, 15) is 9.59 Å². The average molecular weight is 361 g/mol. The molecule has 8 heteroatoms. The van der Waals surface area contributed by atoms with Crippen molar-refractivity contribution in [1.82, 2.24) is 10.2 Å². The van der Waals surface area contributed by atoms with Gasteiger partial charge in [0.05, 0.1) is 18.2 Å². The third-order valence-corrected chi connectivity index (χ3v) is 3.87. The Morgan fingerprint density at radius 3 is 2.74 bits per heavy atom. The van der Waals surface area contributed by atoms with Crippen LogP contribution in [0.3, 0.4) is 0 Å². The van der Waals surface area contributed by atoms with Crippen molar-refractivity contribution in [2.75, 3.05) is 32.9 Å². The van der Waals surface area contributed by atoms with Gasteiger partial charge in [0.15, 0.2) is 6.61 Å². The molecule has 1 atom stereocenters. The Hall–Kier alpha value is -1.50. The summed E-state index contributed by atoms with van der Waals surface area (Å²) in [5.41, 5.74) is 0. The van der Waals surface area contributed by atoms with Crippen molar-refractivity contribution in [3.8, 4) is 5.75 Å². The molecule has 6 nitrogen and oxygen atoms in total. The van der Waals surface area contributed by atoms with Crippen LogP contribution in [0.2, 0.25) is 10.0 Å². The number of hydrogen-bond donors (Lipinski definition) is 1. The maximum atomic E-state index is 12.2.